The SMILES string of the molecule is [C-]#[N+]CC1CN(c2nc(OCC3(CN(C)C)CC3)nc3c2CCN(c2cccc4cccc(Cl)c24)C3)CCN1C(=O)C=C. The van der Waals surface area contributed by atoms with Crippen LogP contribution in [0.15, 0.2) is 49.1 Å². The maximum Gasteiger partial charge on any atom is 0.318 e. The molecule has 0 spiro atoms. The zero-order valence-electron chi connectivity index (χ0n) is 24.9. The van der Waals surface area contributed by atoms with Gasteiger partial charge in [0.1, 0.15) is 11.9 Å². The van der Waals surface area contributed by atoms with Gasteiger partial charge in [-0.05, 0) is 57.0 Å². The molecule has 9 nitrogen and oxygen atoms in total. The molecule has 10 heteroatoms. The fourth-order valence-corrected chi connectivity index (χ4v) is 6.87. The first-order valence-corrected chi connectivity index (χ1v) is 15.3. The highest BCUT2D eigenvalue weighted by Gasteiger charge is 2.44. The van der Waals surface area contributed by atoms with Gasteiger partial charge in [-0.2, -0.15) is 9.97 Å². The normalized spacial score (nSPS) is 19.2. The van der Waals surface area contributed by atoms with Gasteiger partial charge in [-0.1, -0.05) is 42.4 Å². The summed E-state index contributed by atoms with van der Waals surface area (Å²) in [6, 6.07) is 12.5. The third-order valence-electron chi connectivity index (χ3n) is 8.85. The Labute approximate surface area is 258 Å². The van der Waals surface area contributed by atoms with E-state index in [1.165, 1.54) is 6.08 Å². The molecule has 2 aliphatic heterocycles. The Morgan fingerprint density at radius 3 is 2.70 bits per heavy atom. The highest BCUT2D eigenvalue weighted by molar-refractivity contribution is 6.36. The van der Waals surface area contributed by atoms with Gasteiger partial charge in [-0.3, -0.25) is 4.79 Å². The van der Waals surface area contributed by atoms with Crippen LogP contribution in [0.1, 0.15) is 24.1 Å². The molecule has 2 fully saturated rings. The topological polar surface area (TPSA) is 69.4 Å². The molecule has 224 valence electrons. The minimum absolute atomic E-state index is 0.137. The minimum atomic E-state index is -0.237. The zero-order chi connectivity index (χ0) is 30.1. The molecular weight excluding hydrogens is 562 g/mol. The van der Waals surface area contributed by atoms with Gasteiger partial charge in [0.2, 0.25) is 12.5 Å². The number of benzene rings is 2. The molecule has 3 aliphatic rings. The number of carbonyl (C=O) groups excluding carboxylic acids is 1. The second-order valence-electron chi connectivity index (χ2n) is 12.2. The molecule has 1 aliphatic carbocycles. The van der Waals surface area contributed by atoms with Crippen LogP contribution < -0.4 is 14.5 Å². The Bertz CT molecular complexity index is 1580. The van der Waals surface area contributed by atoms with E-state index in [2.05, 4.69) is 64.5 Å². The van der Waals surface area contributed by atoms with E-state index in [9.17, 15) is 4.79 Å². The van der Waals surface area contributed by atoms with Crippen LogP contribution in [-0.2, 0) is 17.8 Å². The smallest absolute Gasteiger partial charge is 0.318 e. The van der Waals surface area contributed by atoms with E-state index in [1.807, 2.05) is 12.1 Å². The average molecular weight is 600 g/mol. The van der Waals surface area contributed by atoms with Crippen molar-refractivity contribution in [1.29, 1.82) is 0 Å². The Morgan fingerprint density at radius 2 is 1.98 bits per heavy atom. The third kappa shape index (κ3) is 5.99. The van der Waals surface area contributed by atoms with Gasteiger partial charge >= 0.3 is 6.01 Å². The standard InChI is InChI=1S/C33H38ClN7O2/c1-5-29(42)41-17-16-40(19-24(41)18-35-2)31-25-12-15-39(28-11-7-9-23-8-6-10-26(34)30(23)28)20-27(25)36-32(37-31)43-22-33(13-14-33)21-38(3)4/h5-11,24H,1,12-22H2,3-4H3. The number of ether oxygens (including phenoxy) is 1. The summed E-state index contributed by atoms with van der Waals surface area (Å²) in [6.45, 7) is 16.0. The first-order valence-electron chi connectivity index (χ1n) is 14.9. The number of hydrogen-bond acceptors (Lipinski definition) is 7. The molecule has 1 aromatic heterocycles. The van der Waals surface area contributed by atoms with Gasteiger partial charge in [-0.25, -0.2) is 6.57 Å². The number of carbonyl (C=O) groups is 1. The summed E-state index contributed by atoms with van der Waals surface area (Å²) >= 11 is 6.71. The lowest BCUT2D eigenvalue weighted by atomic mass is 10.0. The average Bonchev–Trinajstić information content (AvgIpc) is 3.77. The summed E-state index contributed by atoms with van der Waals surface area (Å²) in [6.07, 6.45) is 4.36. The Kier molecular flexibility index (Phi) is 8.17. The van der Waals surface area contributed by atoms with Gasteiger partial charge in [0.15, 0.2) is 0 Å². The second-order valence-corrected chi connectivity index (χ2v) is 12.7. The summed E-state index contributed by atoms with van der Waals surface area (Å²) in [5.74, 6) is 0.718. The highest BCUT2D eigenvalue weighted by atomic mass is 35.5. The van der Waals surface area contributed by atoms with Crippen LogP contribution in [0.25, 0.3) is 15.6 Å². The maximum atomic E-state index is 12.6. The van der Waals surface area contributed by atoms with E-state index in [1.54, 1.807) is 4.90 Å². The number of fused-ring (bicyclic) bond motifs is 2. The number of aromatic nitrogens is 2. The monoisotopic (exact) mass is 599 g/mol. The molecule has 3 heterocycles. The molecule has 0 radical (unpaired) electrons. The van der Waals surface area contributed by atoms with Crippen LogP contribution in [0, 0.1) is 12.0 Å². The van der Waals surface area contributed by atoms with E-state index < -0.39 is 0 Å². The molecule has 0 N–H and O–H groups in total. The Morgan fingerprint density at radius 1 is 1.19 bits per heavy atom. The van der Waals surface area contributed by atoms with Gasteiger partial charge in [0.05, 0.1) is 23.9 Å². The van der Waals surface area contributed by atoms with E-state index in [-0.39, 0.29) is 23.9 Å². The molecule has 1 unspecified atom stereocenters. The lowest BCUT2D eigenvalue weighted by Gasteiger charge is -2.41. The number of rotatable bonds is 9. The molecule has 1 saturated carbocycles. The van der Waals surface area contributed by atoms with E-state index >= 15 is 0 Å². The van der Waals surface area contributed by atoms with Crippen LogP contribution in [0.2, 0.25) is 5.02 Å². The lowest BCUT2D eigenvalue weighted by Crippen LogP contribution is -2.56. The summed E-state index contributed by atoms with van der Waals surface area (Å²) < 4.78 is 6.37. The number of halogens is 1. The predicted molar refractivity (Wildman–Crippen MR) is 171 cm³/mol. The molecule has 1 atom stereocenters. The zero-order valence-corrected chi connectivity index (χ0v) is 25.7. The lowest BCUT2D eigenvalue weighted by molar-refractivity contribution is -0.128. The molecule has 6 rings (SSSR count). The number of amides is 1. The molecule has 43 heavy (non-hydrogen) atoms. The van der Waals surface area contributed by atoms with E-state index in [0.29, 0.717) is 38.8 Å². The van der Waals surface area contributed by atoms with Crippen LogP contribution in [0.5, 0.6) is 6.01 Å². The summed E-state index contributed by atoms with van der Waals surface area (Å²) in [4.78, 5) is 34.7. The molecular formula is C33H38ClN7O2. The van der Waals surface area contributed by atoms with Gasteiger partial charge < -0.3 is 29.2 Å². The second kappa shape index (κ2) is 12.0. The molecule has 1 saturated heterocycles. The summed E-state index contributed by atoms with van der Waals surface area (Å²) in [7, 11) is 4.19. The fraction of sp³-hybridized carbons (Fsp3) is 0.455. The molecule has 1 amide bonds. The first kappa shape index (κ1) is 29.2. The number of anilines is 2. The van der Waals surface area contributed by atoms with Crippen molar-refractivity contribution in [1.82, 2.24) is 19.8 Å². The highest BCUT2D eigenvalue weighted by Crippen LogP contribution is 2.46. The van der Waals surface area contributed by atoms with Gasteiger partial charge in [-0.15, -0.1) is 0 Å². The summed E-state index contributed by atoms with van der Waals surface area (Å²) in [5.41, 5.74) is 3.29. The first-order chi connectivity index (χ1) is 20.8. The van der Waals surface area contributed by atoms with E-state index in [0.717, 1.165) is 70.9 Å². The molecule has 3 aromatic rings. The fourth-order valence-electron chi connectivity index (χ4n) is 6.59. The van der Waals surface area contributed by atoms with Crippen molar-refractivity contribution in [2.75, 3.05) is 69.8 Å². The third-order valence-corrected chi connectivity index (χ3v) is 9.17. The van der Waals surface area contributed by atoms with Crippen molar-refractivity contribution in [2.24, 2.45) is 5.41 Å². The van der Waals surface area contributed by atoms with Crippen LogP contribution in [0.4, 0.5) is 11.5 Å². The van der Waals surface area contributed by atoms with E-state index in [4.69, 9.17) is 32.9 Å². The van der Waals surface area contributed by atoms with Crippen LogP contribution in [-0.4, -0.2) is 91.7 Å². The van der Waals surface area contributed by atoms with Crippen molar-refractivity contribution in [2.45, 2.75) is 31.8 Å². The van der Waals surface area contributed by atoms with Crippen molar-refractivity contribution < 1.29 is 9.53 Å². The van der Waals surface area contributed by atoms with Crippen molar-refractivity contribution in [3.8, 4) is 6.01 Å². The van der Waals surface area contributed by atoms with Crippen molar-refractivity contribution >= 4 is 39.8 Å². The quantitative estimate of drug-likeness (QED) is 0.261. The Hall–Kier alpha value is -3.87. The predicted octanol–water partition coefficient (Wildman–Crippen LogP) is 4.69. The molecule has 2 aromatic carbocycles. The van der Waals surface area contributed by atoms with Crippen LogP contribution in [0.3, 0.4) is 0 Å². The van der Waals surface area contributed by atoms with Crippen molar-refractivity contribution in [3.63, 3.8) is 0 Å². The van der Waals surface area contributed by atoms with Crippen LogP contribution >= 0.6 is 11.6 Å². The van der Waals surface area contributed by atoms with Crippen molar-refractivity contribution in [3.05, 3.63) is 76.8 Å². The maximum absolute atomic E-state index is 12.6. The molecule has 0 bridgehead atoms. The number of hydrogen-bond donors (Lipinski definition) is 0. The number of nitrogens with zero attached hydrogens (tertiary/aromatic N) is 7. The Balaban J connectivity index is 1.34. The minimum Gasteiger partial charge on any atom is -0.463 e. The number of piperazine rings is 1. The largest absolute Gasteiger partial charge is 0.463 e. The van der Waals surface area contributed by atoms with Gasteiger partial charge in [0.25, 0.3) is 0 Å². The van der Waals surface area contributed by atoms with Gasteiger partial charge in [0, 0.05) is 54.8 Å². The summed E-state index contributed by atoms with van der Waals surface area (Å²) in [5, 5.41) is 2.89.